The molecule has 1 N–H and O–H groups in total. The van der Waals surface area contributed by atoms with Crippen molar-refractivity contribution in [3.8, 4) is 17.2 Å². The second-order valence-electron chi connectivity index (χ2n) is 6.39. The maximum atomic E-state index is 12.6. The molecule has 7 nitrogen and oxygen atoms in total. The maximum Gasteiger partial charge on any atom is 0.265 e. The van der Waals surface area contributed by atoms with Crippen LogP contribution in [0.2, 0.25) is 0 Å². The number of carbonyl (C=O) groups excluding carboxylic acids is 2. The molecule has 2 aromatic rings. The number of anilines is 2. The smallest absolute Gasteiger partial charge is 0.265 e. The number of ether oxygens (including phenoxy) is 3. The van der Waals surface area contributed by atoms with E-state index in [4.69, 9.17) is 14.2 Å². The first kappa shape index (κ1) is 17.2. The fourth-order valence-corrected chi connectivity index (χ4v) is 3.08. The summed E-state index contributed by atoms with van der Waals surface area (Å²) in [7, 11) is 0. The lowest BCUT2D eigenvalue weighted by Gasteiger charge is -2.29. The van der Waals surface area contributed by atoms with Gasteiger partial charge in [0.15, 0.2) is 18.1 Å². The van der Waals surface area contributed by atoms with Crippen molar-refractivity contribution in [3.05, 3.63) is 42.0 Å². The molecule has 2 aliphatic rings. The SMILES string of the molecule is CCCCN1C(=O)COc2ccc(NC(=O)c3ccc4c(c3)OCO4)cc21. The summed E-state index contributed by atoms with van der Waals surface area (Å²) in [6.45, 7) is 2.91. The van der Waals surface area contributed by atoms with Crippen molar-refractivity contribution in [2.24, 2.45) is 0 Å². The molecular formula is C20H20N2O5. The van der Waals surface area contributed by atoms with Gasteiger partial charge in [-0.1, -0.05) is 13.3 Å². The van der Waals surface area contributed by atoms with Crippen molar-refractivity contribution in [2.75, 3.05) is 30.2 Å². The third kappa shape index (κ3) is 3.40. The monoisotopic (exact) mass is 368 g/mol. The fourth-order valence-electron chi connectivity index (χ4n) is 3.08. The van der Waals surface area contributed by atoms with E-state index >= 15 is 0 Å². The molecule has 27 heavy (non-hydrogen) atoms. The van der Waals surface area contributed by atoms with Crippen molar-refractivity contribution >= 4 is 23.2 Å². The van der Waals surface area contributed by atoms with Crippen LogP contribution in [-0.2, 0) is 4.79 Å². The lowest BCUT2D eigenvalue weighted by Crippen LogP contribution is -2.39. The van der Waals surface area contributed by atoms with Gasteiger partial charge in [-0.25, -0.2) is 0 Å². The third-order valence-electron chi connectivity index (χ3n) is 4.53. The Labute approximate surface area is 156 Å². The van der Waals surface area contributed by atoms with Gasteiger partial charge in [0, 0.05) is 17.8 Å². The minimum atomic E-state index is -0.267. The summed E-state index contributed by atoms with van der Waals surface area (Å²) in [5, 5.41) is 2.86. The van der Waals surface area contributed by atoms with Crippen molar-refractivity contribution in [3.63, 3.8) is 0 Å². The summed E-state index contributed by atoms with van der Waals surface area (Å²) >= 11 is 0. The molecule has 2 aliphatic heterocycles. The van der Waals surface area contributed by atoms with Crippen molar-refractivity contribution < 1.29 is 23.8 Å². The Bertz CT molecular complexity index is 896. The van der Waals surface area contributed by atoms with E-state index in [1.54, 1.807) is 41.3 Å². The zero-order valence-corrected chi connectivity index (χ0v) is 15.0. The number of benzene rings is 2. The van der Waals surface area contributed by atoms with Gasteiger partial charge in [0.1, 0.15) is 5.75 Å². The number of nitrogens with one attached hydrogen (secondary N) is 1. The van der Waals surface area contributed by atoms with E-state index in [0.717, 1.165) is 12.8 Å². The zero-order chi connectivity index (χ0) is 18.8. The van der Waals surface area contributed by atoms with Gasteiger partial charge in [0.05, 0.1) is 5.69 Å². The van der Waals surface area contributed by atoms with Crippen molar-refractivity contribution in [1.29, 1.82) is 0 Å². The zero-order valence-electron chi connectivity index (χ0n) is 15.0. The van der Waals surface area contributed by atoms with Crippen LogP contribution in [0.3, 0.4) is 0 Å². The predicted octanol–water partition coefficient (Wildman–Crippen LogP) is 3.19. The van der Waals surface area contributed by atoms with Gasteiger partial charge in [0.25, 0.3) is 11.8 Å². The molecule has 0 radical (unpaired) electrons. The van der Waals surface area contributed by atoms with Gasteiger partial charge in [-0.15, -0.1) is 0 Å². The van der Waals surface area contributed by atoms with E-state index in [-0.39, 0.29) is 25.2 Å². The highest BCUT2D eigenvalue weighted by molar-refractivity contribution is 6.05. The van der Waals surface area contributed by atoms with E-state index in [1.165, 1.54) is 0 Å². The highest BCUT2D eigenvalue weighted by Crippen LogP contribution is 2.36. The van der Waals surface area contributed by atoms with Gasteiger partial charge in [-0.05, 0) is 42.8 Å². The van der Waals surface area contributed by atoms with Crippen LogP contribution < -0.4 is 24.4 Å². The normalized spacial score (nSPS) is 14.6. The molecule has 4 rings (SSSR count). The first-order valence-electron chi connectivity index (χ1n) is 8.94. The number of fused-ring (bicyclic) bond motifs is 2. The van der Waals surface area contributed by atoms with E-state index < -0.39 is 0 Å². The lowest BCUT2D eigenvalue weighted by atomic mass is 10.1. The maximum absolute atomic E-state index is 12.6. The second-order valence-corrected chi connectivity index (χ2v) is 6.39. The number of amides is 2. The number of hydrogen-bond donors (Lipinski definition) is 1. The number of carbonyl (C=O) groups is 2. The van der Waals surface area contributed by atoms with E-state index in [1.807, 2.05) is 0 Å². The van der Waals surface area contributed by atoms with Gasteiger partial charge in [0.2, 0.25) is 6.79 Å². The van der Waals surface area contributed by atoms with Crippen LogP contribution in [0, 0.1) is 0 Å². The molecule has 0 atom stereocenters. The third-order valence-corrected chi connectivity index (χ3v) is 4.53. The van der Waals surface area contributed by atoms with Gasteiger partial charge in [-0.3, -0.25) is 9.59 Å². The number of unbranched alkanes of at least 4 members (excludes halogenated alkanes) is 1. The molecule has 0 bridgehead atoms. The molecule has 0 spiro atoms. The quantitative estimate of drug-likeness (QED) is 0.877. The highest BCUT2D eigenvalue weighted by atomic mass is 16.7. The molecule has 0 saturated carbocycles. The Kier molecular flexibility index (Phi) is 4.58. The Morgan fingerprint density at radius 2 is 1.89 bits per heavy atom. The summed E-state index contributed by atoms with van der Waals surface area (Å²) < 4.78 is 16.1. The first-order chi connectivity index (χ1) is 13.2. The standard InChI is InChI=1S/C20H20N2O5/c1-2-3-8-22-15-10-14(5-7-16(15)25-11-19(22)23)21-20(24)13-4-6-17-18(9-13)27-12-26-17/h4-7,9-10H,2-3,8,11-12H2,1H3,(H,21,24). The fraction of sp³-hybridized carbons (Fsp3) is 0.300. The first-order valence-corrected chi connectivity index (χ1v) is 8.94. The molecule has 0 unspecified atom stereocenters. The summed E-state index contributed by atoms with van der Waals surface area (Å²) in [6, 6.07) is 10.3. The van der Waals surface area contributed by atoms with Crippen LogP contribution in [0.5, 0.6) is 17.2 Å². The van der Waals surface area contributed by atoms with Gasteiger partial charge < -0.3 is 24.4 Å². The highest BCUT2D eigenvalue weighted by Gasteiger charge is 2.25. The Morgan fingerprint density at radius 1 is 1.07 bits per heavy atom. The second kappa shape index (κ2) is 7.19. The van der Waals surface area contributed by atoms with E-state index in [9.17, 15) is 9.59 Å². The number of rotatable bonds is 5. The lowest BCUT2D eigenvalue weighted by molar-refractivity contribution is -0.121. The molecule has 2 amide bonds. The minimum Gasteiger partial charge on any atom is -0.482 e. The largest absolute Gasteiger partial charge is 0.482 e. The number of nitrogens with zero attached hydrogens (tertiary/aromatic N) is 1. The molecule has 0 aromatic heterocycles. The molecular weight excluding hydrogens is 348 g/mol. The van der Waals surface area contributed by atoms with Crippen LogP contribution in [0.4, 0.5) is 11.4 Å². The van der Waals surface area contributed by atoms with Crippen LogP contribution in [0.25, 0.3) is 0 Å². The molecule has 2 aromatic carbocycles. The Morgan fingerprint density at radius 3 is 2.74 bits per heavy atom. The molecule has 2 heterocycles. The van der Waals surface area contributed by atoms with Crippen molar-refractivity contribution in [1.82, 2.24) is 0 Å². The molecule has 7 heteroatoms. The molecule has 0 fully saturated rings. The van der Waals surface area contributed by atoms with Crippen LogP contribution in [0.15, 0.2) is 36.4 Å². The molecule has 0 aliphatic carbocycles. The van der Waals surface area contributed by atoms with Crippen molar-refractivity contribution in [2.45, 2.75) is 19.8 Å². The summed E-state index contributed by atoms with van der Waals surface area (Å²) in [5.41, 5.74) is 1.74. The van der Waals surface area contributed by atoms with Gasteiger partial charge >= 0.3 is 0 Å². The average molecular weight is 368 g/mol. The van der Waals surface area contributed by atoms with Crippen LogP contribution in [0.1, 0.15) is 30.1 Å². The van der Waals surface area contributed by atoms with E-state index in [2.05, 4.69) is 12.2 Å². The average Bonchev–Trinajstić information content (AvgIpc) is 3.15. The molecule has 140 valence electrons. The Hall–Kier alpha value is -3.22. The molecule has 0 saturated heterocycles. The van der Waals surface area contributed by atoms with Gasteiger partial charge in [-0.2, -0.15) is 0 Å². The minimum absolute atomic E-state index is 0.0413. The summed E-state index contributed by atoms with van der Waals surface area (Å²) in [6.07, 6.45) is 1.89. The van der Waals surface area contributed by atoms with E-state index in [0.29, 0.717) is 40.7 Å². The van der Waals surface area contributed by atoms with Crippen LogP contribution in [-0.4, -0.2) is 31.8 Å². The van der Waals surface area contributed by atoms with Crippen LogP contribution >= 0.6 is 0 Å². The Balaban J connectivity index is 1.55. The predicted molar refractivity (Wildman–Crippen MR) is 99.7 cm³/mol. The summed E-state index contributed by atoms with van der Waals surface area (Å²) in [5.74, 6) is 1.48. The summed E-state index contributed by atoms with van der Waals surface area (Å²) in [4.78, 5) is 26.5. The number of hydrogen-bond acceptors (Lipinski definition) is 5. The topological polar surface area (TPSA) is 77.1 Å².